The molecule has 1 saturated heterocycles. The van der Waals surface area contributed by atoms with Gasteiger partial charge in [-0.1, -0.05) is 26.2 Å². The fourth-order valence-corrected chi connectivity index (χ4v) is 3.28. The van der Waals surface area contributed by atoms with Crippen LogP contribution >= 0.6 is 0 Å². The fourth-order valence-electron chi connectivity index (χ4n) is 3.28. The van der Waals surface area contributed by atoms with Crippen LogP contribution in [0.1, 0.15) is 52.4 Å². The monoisotopic (exact) mass is 241 g/mol. The molecular formula is C14H27NO2. The van der Waals surface area contributed by atoms with Crippen LogP contribution in [0.25, 0.3) is 0 Å². The van der Waals surface area contributed by atoms with Crippen LogP contribution in [0.2, 0.25) is 0 Å². The summed E-state index contributed by atoms with van der Waals surface area (Å²) < 4.78 is 5.86. The van der Waals surface area contributed by atoms with Crippen molar-refractivity contribution in [2.24, 2.45) is 0 Å². The number of morpholine rings is 1. The third kappa shape index (κ3) is 3.67. The Morgan fingerprint density at radius 1 is 1.24 bits per heavy atom. The number of hydrogen-bond donors (Lipinski definition) is 1. The van der Waals surface area contributed by atoms with E-state index in [1.54, 1.807) is 0 Å². The zero-order valence-corrected chi connectivity index (χ0v) is 11.3. The Morgan fingerprint density at radius 2 is 1.94 bits per heavy atom. The summed E-state index contributed by atoms with van der Waals surface area (Å²) in [5.41, 5.74) is -0.423. The number of β-amino-alcohol motifs (C(OH)–C–C–N with tert-alkyl or cyclic N) is 1. The van der Waals surface area contributed by atoms with E-state index in [1.807, 2.05) is 0 Å². The molecule has 0 aromatic rings. The molecule has 1 aliphatic carbocycles. The van der Waals surface area contributed by atoms with E-state index in [0.717, 1.165) is 38.9 Å². The Bertz CT molecular complexity index is 238. The van der Waals surface area contributed by atoms with Crippen LogP contribution in [0, 0.1) is 0 Å². The first-order chi connectivity index (χ1) is 8.11. The molecule has 1 heterocycles. The lowest BCUT2D eigenvalue weighted by molar-refractivity contribution is -0.105. The minimum Gasteiger partial charge on any atom is -0.389 e. The zero-order chi connectivity index (χ0) is 12.3. The first kappa shape index (κ1) is 13.3. The summed E-state index contributed by atoms with van der Waals surface area (Å²) in [4.78, 5) is 2.41. The van der Waals surface area contributed by atoms with Crippen LogP contribution in [0.4, 0.5) is 0 Å². The molecule has 0 amide bonds. The van der Waals surface area contributed by atoms with Crippen LogP contribution < -0.4 is 0 Å². The van der Waals surface area contributed by atoms with E-state index in [9.17, 15) is 5.11 Å². The highest BCUT2D eigenvalue weighted by atomic mass is 16.5. The van der Waals surface area contributed by atoms with E-state index in [4.69, 9.17) is 4.74 Å². The molecule has 17 heavy (non-hydrogen) atoms. The number of aliphatic hydroxyl groups is 1. The molecule has 2 atom stereocenters. The molecule has 2 fully saturated rings. The standard InChI is InChI=1S/C14H27NO2/c1-3-13-10-15(9-12(2)17-13)11-14(16)7-5-4-6-8-14/h12-13,16H,3-11H2,1-2H3. The average molecular weight is 241 g/mol. The molecule has 100 valence electrons. The quantitative estimate of drug-likeness (QED) is 0.822. The smallest absolute Gasteiger partial charge is 0.0774 e. The van der Waals surface area contributed by atoms with Crippen molar-refractivity contribution in [1.82, 2.24) is 4.90 Å². The molecule has 3 heteroatoms. The van der Waals surface area contributed by atoms with Gasteiger partial charge in [-0.25, -0.2) is 0 Å². The minimum atomic E-state index is -0.423. The summed E-state index contributed by atoms with van der Waals surface area (Å²) in [6, 6.07) is 0. The van der Waals surface area contributed by atoms with Gasteiger partial charge in [0.15, 0.2) is 0 Å². The van der Waals surface area contributed by atoms with Gasteiger partial charge in [0, 0.05) is 19.6 Å². The number of nitrogens with zero attached hydrogens (tertiary/aromatic N) is 1. The van der Waals surface area contributed by atoms with Gasteiger partial charge in [0.1, 0.15) is 0 Å². The lowest BCUT2D eigenvalue weighted by Gasteiger charge is -2.42. The number of rotatable bonds is 3. The molecule has 2 unspecified atom stereocenters. The Balaban J connectivity index is 1.88. The highest BCUT2D eigenvalue weighted by Crippen LogP contribution is 2.29. The number of hydrogen-bond acceptors (Lipinski definition) is 3. The van der Waals surface area contributed by atoms with Crippen LogP contribution in [-0.4, -0.2) is 47.4 Å². The largest absolute Gasteiger partial charge is 0.389 e. The van der Waals surface area contributed by atoms with Crippen molar-refractivity contribution in [3.63, 3.8) is 0 Å². The molecule has 3 nitrogen and oxygen atoms in total. The Hall–Kier alpha value is -0.120. The second kappa shape index (κ2) is 5.68. The summed E-state index contributed by atoms with van der Waals surface area (Å²) >= 11 is 0. The van der Waals surface area contributed by atoms with Crippen LogP contribution in [0.5, 0.6) is 0 Å². The predicted octanol–water partition coefficient (Wildman–Crippen LogP) is 2.18. The molecule has 0 radical (unpaired) electrons. The van der Waals surface area contributed by atoms with Gasteiger partial charge in [-0.05, 0) is 26.2 Å². The summed E-state index contributed by atoms with van der Waals surface area (Å²) in [6.45, 7) is 7.12. The average Bonchev–Trinajstić information content (AvgIpc) is 2.28. The second-order valence-corrected chi connectivity index (χ2v) is 5.96. The first-order valence-electron chi connectivity index (χ1n) is 7.21. The maximum atomic E-state index is 10.6. The third-order valence-corrected chi connectivity index (χ3v) is 4.16. The van der Waals surface area contributed by atoms with Crippen molar-refractivity contribution >= 4 is 0 Å². The van der Waals surface area contributed by atoms with Gasteiger partial charge in [0.2, 0.25) is 0 Å². The fraction of sp³-hybridized carbons (Fsp3) is 1.00. The molecule has 2 rings (SSSR count). The molecule has 0 aromatic carbocycles. The number of ether oxygens (including phenoxy) is 1. The summed E-state index contributed by atoms with van der Waals surface area (Å²) in [5, 5.41) is 10.6. The van der Waals surface area contributed by atoms with Gasteiger partial charge >= 0.3 is 0 Å². The third-order valence-electron chi connectivity index (χ3n) is 4.16. The summed E-state index contributed by atoms with van der Waals surface area (Å²) in [6.07, 6.45) is 7.36. The molecule has 0 bridgehead atoms. The molecule has 0 spiro atoms. The maximum Gasteiger partial charge on any atom is 0.0774 e. The van der Waals surface area contributed by atoms with Crippen molar-refractivity contribution in [2.45, 2.75) is 70.2 Å². The van der Waals surface area contributed by atoms with Crippen molar-refractivity contribution < 1.29 is 9.84 Å². The molecule has 1 N–H and O–H groups in total. The lowest BCUT2D eigenvalue weighted by Crippen LogP contribution is -2.52. The second-order valence-electron chi connectivity index (χ2n) is 5.96. The van der Waals surface area contributed by atoms with Gasteiger partial charge in [-0.2, -0.15) is 0 Å². The molecule has 1 saturated carbocycles. The van der Waals surface area contributed by atoms with Gasteiger partial charge in [-0.3, -0.25) is 4.90 Å². The van der Waals surface area contributed by atoms with E-state index in [0.29, 0.717) is 12.2 Å². The lowest BCUT2D eigenvalue weighted by atomic mass is 9.84. The summed E-state index contributed by atoms with van der Waals surface area (Å²) in [7, 11) is 0. The van der Waals surface area contributed by atoms with Gasteiger partial charge in [-0.15, -0.1) is 0 Å². The topological polar surface area (TPSA) is 32.7 Å². The maximum absolute atomic E-state index is 10.6. The SMILES string of the molecule is CCC1CN(CC2(O)CCCCC2)CC(C)O1. The highest BCUT2D eigenvalue weighted by Gasteiger charge is 2.34. The van der Waals surface area contributed by atoms with Crippen LogP contribution in [-0.2, 0) is 4.74 Å². The van der Waals surface area contributed by atoms with Crippen LogP contribution in [0.3, 0.4) is 0 Å². The Morgan fingerprint density at radius 3 is 2.59 bits per heavy atom. The normalized spacial score (nSPS) is 34.8. The van der Waals surface area contributed by atoms with Gasteiger partial charge < -0.3 is 9.84 Å². The zero-order valence-electron chi connectivity index (χ0n) is 11.3. The highest BCUT2D eigenvalue weighted by molar-refractivity contribution is 4.88. The van der Waals surface area contributed by atoms with E-state index < -0.39 is 5.60 Å². The Kier molecular flexibility index (Phi) is 4.45. The van der Waals surface area contributed by atoms with E-state index >= 15 is 0 Å². The van der Waals surface area contributed by atoms with Gasteiger partial charge in [0.05, 0.1) is 17.8 Å². The van der Waals surface area contributed by atoms with Crippen molar-refractivity contribution in [2.75, 3.05) is 19.6 Å². The van der Waals surface area contributed by atoms with Crippen molar-refractivity contribution in [1.29, 1.82) is 0 Å². The van der Waals surface area contributed by atoms with Crippen molar-refractivity contribution in [3.8, 4) is 0 Å². The summed E-state index contributed by atoms with van der Waals surface area (Å²) in [5.74, 6) is 0. The molecule has 0 aromatic heterocycles. The molecular weight excluding hydrogens is 214 g/mol. The molecule has 2 aliphatic rings. The van der Waals surface area contributed by atoms with E-state index in [-0.39, 0.29) is 0 Å². The minimum absolute atomic E-state index is 0.306. The van der Waals surface area contributed by atoms with E-state index in [2.05, 4.69) is 18.7 Å². The van der Waals surface area contributed by atoms with E-state index in [1.165, 1.54) is 19.3 Å². The van der Waals surface area contributed by atoms with Gasteiger partial charge in [0.25, 0.3) is 0 Å². The van der Waals surface area contributed by atoms with Crippen molar-refractivity contribution in [3.05, 3.63) is 0 Å². The van der Waals surface area contributed by atoms with Crippen LogP contribution in [0.15, 0.2) is 0 Å². The predicted molar refractivity (Wildman–Crippen MR) is 69.1 cm³/mol. The first-order valence-corrected chi connectivity index (χ1v) is 7.21. The Labute approximate surface area is 105 Å². The molecule has 1 aliphatic heterocycles.